The average molecular weight is 465 g/mol. The average Bonchev–Trinajstić information content (AvgIpc) is 2.70. The third-order valence-electron chi connectivity index (χ3n) is 4.40. The summed E-state index contributed by atoms with van der Waals surface area (Å²) in [5.41, 5.74) is 1.74. The first kappa shape index (κ1) is 24.7. The van der Waals surface area contributed by atoms with Crippen molar-refractivity contribution in [3.8, 4) is 17.6 Å². The zero-order valence-corrected chi connectivity index (χ0v) is 19.4. The molecule has 0 saturated carbocycles. The van der Waals surface area contributed by atoms with Gasteiger partial charge in [-0.3, -0.25) is 0 Å². The lowest BCUT2D eigenvalue weighted by molar-refractivity contribution is -0.139. The third kappa shape index (κ3) is 6.97. The van der Waals surface area contributed by atoms with Crippen LogP contribution >= 0.6 is 11.6 Å². The van der Waals surface area contributed by atoms with Gasteiger partial charge in [0, 0.05) is 30.7 Å². The minimum atomic E-state index is -3.66. The molecule has 0 aliphatic rings. The number of carboxylic acids is 1. The van der Waals surface area contributed by atoms with E-state index in [-0.39, 0.29) is 10.6 Å². The molecule has 2 aromatic rings. The second kappa shape index (κ2) is 10.6. The standard InChI is InChI=1S/C22H25ClN2O5S/c1-16-5-9-20(31(28,29)25(4)12-11-24(2)3)14-17(16)6-7-18-13-19(23)8-10-21(18)30-15-22(26)27/h5,8-10,13-14H,11-12,15H2,1-4H3,(H,26,27). The number of hydrogen-bond acceptors (Lipinski definition) is 5. The summed E-state index contributed by atoms with van der Waals surface area (Å²) in [6.45, 7) is 2.28. The number of aliphatic carboxylic acids is 1. The Morgan fingerprint density at radius 2 is 1.74 bits per heavy atom. The highest BCUT2D eigenvalue weighted by Crippen LogP contribution is 2.23. The predicted molar refractivity (Wildman–Crippen MR) is 120 cm³/mol. The first-order valence-corrected chi connectivity index (χ1v) is 11.2. The number of hydrogen-bond donors (Lipinski definition) is 1. The van der Waals surface area contributed by atoms with E-state index in [2.05, 4.69) is 11.8 Å². The second-order valence-electron chi connectivity index (χ2n) is 7.18. The number of carboxylic acid groups (broad SMARTS) is 1. The Bertz CT molecular complexity index is 1120. The van der Waals surface area contributed by atoms with Crippen LogP contribution in [0.3, 0.4) is 0 Å². The maximum atomic E-state index is 12.9. The quantitative estimate of drug-likeness (QED) is 0.604. The zero-order chi connectivity index (χ0) is 23.2. The van der Waals surface area contributed by atoms with Crippen molar-refractivity contribution in [1.82, 2.24) is 9.21 Å². The Labute approximate surface area is 188 Å². The van der Waals surface area contributed by atoms with E-state index in [1.54, 1.807) is 37.4 Å². The molecule has 1 N–H and O–H groups in total. The number of sulfonamides is 1. The van der Waals surface area contributed by atoms with E-state index in [1.165, 1.54) is 10.4 Å². The molecule has 2 aromatic carbocycles. The van der Waals surface area contributed by atoms with Gasteiger partial charge in [-0.25, -0.2) is 13.2 Å². The Hall–Kier alpha value is -2.57. The van der Waals surface area contributed by atoms with Crippen LogP contribution in [0.4, 0.5) is 0 Å². The van der Waals surface area contributed by atoms with Crippen molar-refractivity contribution in [3.63, 3.8) is 0 Å². The number of carbonyl (C=O) groups is 1. The van der Waals surface area contributed by atoms with Crippen molar-refractivity contribution < 1.29 is 23.1 Å². The summed E-state index contributed by atoms with van der Waals surface area (Å²) in [4.78, 5) is 12.9. The van der Waals surface area contributed by atoms with Crippen molar-refractivity contribution in [2.75, 3.05) is 40.8 Å². The summed E-state index contributed by atoms with van der Waals surface area (Å²) in [5, 5.41) is 9.25. The molecule has 2 rings (SSSR count). The number of halogens is 1. The van der Waals surface area contributed by atoms with Crippen LogP contribution in [0.2, 0.25) is 5.02 Å². The van der Waals surface area contributed by atoms with Gasteiger partial charge in [0.1, 0.15) is 5.75 Å². The molecular weight excluding hydrogens is 440 g/mol. The summed E-state index contributed by atoms with van der Waals surface area (Å²) in [5.74, 6) is 5.05. The molecule has 0 unspecified atom stereocenters. The molecule has 0 radical (unpaired) electrons. The predicted octanol–water partition coefficient (Wildman–Crippen LogP) is 2.69. The van der Waals surface area contributed by atoms with Crippen molar-refractivity contribution >= 4 is 27.6 Å². The van der Waals surface area contributed by atoms with Crippen LogP contribution < -0.4 is 4.74 Å². The SMILES string of the molecule is Cc1ccc(S(=O)(=O)N(C)CCN(C)C)cc1C#Cc1cc(Cl)ccc1OCC(=O)O. The smallest absolute Gasteiger partial charge is 0.341 e. The number of benzene rings is 2. The lowest BCUT2D eigenvalue weighted by Crippen LogP contribution is -2.33. The second-order valence-corrected chi connectivity index (χ2v) is 9.66. The minimum Gasteiger partial charge on any atom is -0.481 e. The Balaban J connectivity index is 2.38. The molecule has 0 spiro atoms. The van der Waals surface area contributed by atoms with Gasteiger partial charge in [-0.2, -0.15) is 4.31 Å². The molecular formula is C22H25ClN2O5S. The maximum absolute atomic E-state index is 12.9. The molecule has 0 atom stereocenters. The van der Waals surface area contributed by atoms with E-state index < -0.39 is 22.6 Å². The molecule has 31 heavy (non-hydrogen) atoms. The number of nitrogens with zero attached hydrogens (tertiary/aromatic N) is 2. The highest BCUT2D eigenvalue weighted by molar-refractivity contribution is 7.89. The van der Waals surface area contributed by atoms with Crippen molar-refractivity contribution in [3.05, 3.63) is 58.1 Å². The van der Waals surface area contributed by atoms with Crippen LogP contribution in [-0.2, 0) is 14.8 Å². The Morgan fingerprint density at radius 1 is 1.06 bits per heavy atom. The maximum Gasteiger partial charge on any atom is 0.341 e. The molecule has 0 saturated heterocycles. The van der Waals surface area contributed by atoms with Crippen molar-refractivity contribution in [2.24, 2.45) is 0 Å². The Kier molecular flexibility index (Phi) is 8.48. The van der Waals surface area contributed by atoms with Crippen LogP contribution in [0.25, 0.3) is 0 Å². The topological polar surface area (TPSA) is 87.2 Å². The van der Waals surface area contributed by atoms with Gasteiger partial charge < -0.3 is 14.7 Å². The molecule has 0 bridgehead atoms. The van der Waals surface area contributed by atoms with E-state index in [0.717, 1.165) is 5.56 Å². The first-order chi connectivity index (χ1) is 14.5. The van der Waals surface area contributed by atoms with Crippen LogP contribution in [-0.4, -0.2) is 69.5 Å². The summed E-state index contributed by atoms with van der Waals surface area (Å²) in [6.07, 6.45) is 0. The normalized spacial score (nSPS) is 11.3. The van der Waals surface area contributed by atoms with E-state index in [1.807, 2.05) is 25.9 Å². The number of rotatable bonds is 8. The highest BCUT2D eigenvalue weighted by atomic mass is 35.5. The van der Waals surface area contributed by atoms with Crippen molar-refractivity contribution in [2.45, 2.75) is 11.8 Å². The fraction of sp³-hybridized carbons (Fsp3) is 0.318. The molecule has 7 nitrogen and oxygen atoms in total. The van der Waals surface area contributed by atoms with Gasteiger partial charge in [0.2, 0.25) is 10.0 Å². The van der Waals surface area contributed by atoms with Gasteiger partial charge in [0.25, 0.3) is 0 Å². The Morgan fingerprint density at radius 3 is 2.39 bits per heavy atom. The fourth-order valence-corrected chi connectivity index (χ4v) is 3.90. The molecule has 9 heteroatoms. The highest BCUT2D eigenvalue weighted by Gasteiger charge is 2.21. The van der Waals surface area contributed by atoms with Gasteiger partial charge in [-0.15, -0.1) is 0 Å². The minimum absolute atomic E-state index is 0.150. The van der Waals surface area contributed by atoms with Crippen LogP contribution in [0.15, 0.2) is 41.3 Å². The third-order valence-corrected chi connectivity index (χ3v) is 6.49. The van der Waals surface area contributed by atoms with E-state index in [0.29, 0.717) is 29.2 Å². The van der Waals surface area contributed by atoms with Crippen LogP contribution in [0.1, 0.15) is 16.7 Å². The van der Waals surface area contributed by atoms with E-state index in [4.69, 9.17) is 21.4 Å². The first-order valence-electron chi connectivity index (χ1n) is 9.38. The van der Waals surface area contributed by atoms with Gasteiger partial charge >= 0.3 is 5.97 Å². The van der Waals surface area contributed by atoms with Crippen molar-refractivity contribution in [1.29, 1.82) is 0 Å². The monoisotopic (exact) mass is 464 g/mol. The van der Waals surface area contributed by atoms with E-state index >= 15 is 0 Å². The lowest BCUT2D eigenvalue weighted by atomic mass is 10.1. The summed E-state index contributed by atoms with van der Waals surface area (Å²) < 4.78 is 32.4. The van der Waals surface area contributed by atoms with Crippen LogP contribution in [0.5, 0.6) is 5.75 Å². The summed E-state index contributed by atoms with van der Waals surface area (Å²) >= 11 is 6.04. The molecule has 0 amide bonds. The molecule has 166 valence electrons. The molecule has 0 fully saturated rings. The van der Waals surface area contributed by atoms with Gasteiger partial charge in [0.15, 0.2) is 6.61 Å². The number of aryl methyl sites for hydroxylation is 1. The van der Waals surface area contributed by atoms with Gasteiger partial charge in [-0.1, -0.05) is 29.5 Å². The van der Waals surface area contributed by atoms with E-state index in [9.17, 15) is 13.2 Å². The summed E-state index contributed by atoms with van der Waals surface area (Å²) in [6, 6.07) is 9.48. The van der Waals surface area contributed by atoms with Crippen LogP contribution in [0, 0.1) is 18.8 Å². The molecule has 0 heterocycles. The molecule has 0 aliphatic heterocycles. The lowest BCUT2D eigenvalue weighted by Gasteiger charge is -2.19. The fourth-order valence-electron chi connectivity index (χ4n) is 2.54. The largest absolute Gasteiger partial charge is 0.481 e. The number of likely N-dealkylation sites (N-methyl/N-ethyl adjacent to an activating group) is 2. The van der Waals surface area contributed by atoms with Gasteiger partial charge in [-0.05, 0) is 56.9 Å². The summed E-state index contributed by atoms with van der Waals surface area (Å²) in [7, 11) is 1.64. The van der Waals surface area contributed by atoms with Gasteiger partial charge in [0.05, 0.1) is 10.5 Å². The molecule has 0 aromatic heterocycles. The molecule has 0 aliphatic carbocycles. The zero-order valence-electron chi connectivity index (χ0n) is 17.8. The number of ether oxygens (including phenoxy) is 1.